The molecule has 2 rings (SSSR count). The van der Waals surface area contributed by atoms with E-state index >= 15 is 0 Å². The summed E-state index contributed by atoms with van der Waals surface area (Å²) in [5.41, 5.74) is 0.432. The van der Waals surface area contributed by atoms with Gasteiger partial charge in [-0.3, -0.25) is 10.1 Å². The van der Waals surface area contributed by atoms with Crippen molar-refractivity contribution in [3.8, 4) is 5.75 Å². The first-order valence-corrected chi connectivity index (χ1v) is 6.32. The Labute approximate surface area is 116 Å². The lowest BCUT2D eigenvalue weighted by molar-refractivity contribution is -0.384. The number of benzene rings is 1. The van der Waals surface area contributed by atoms with Crippen LogP contribution in [-0.2, 0) is 6.54 Å². The molecule has 0 aliphatic heterocycles. The molecule has 0 bridgehead atoms. The van der Waals surface area contributed by atoms with Crippen LogP contribution in [-0.4, -0.2) is 27.6 Å². The molecular formula is C13H16N4O3. The normalized spacial score (nSPS) is 10.2. The molecule has 0 saturated heterocycles. The van der Waals surface area contributed by atoms with Gasteiger partial charge in [0.1, 0.15) is 5.69 Å². The van der Waals surface area contributed by atoms with Crippen LogP contribution in [0.1, 0.15) is 6.92 Å². The molecule has 0 aliphatic rings. The highest BCUT2D eigenvalue weighted by Gasteiger charge is 2.20. The number of hydrogen-bond donors (Lipinski definition) is 1. The SMILES string of the molecule is CCOc1cccc(NCCn2ccnc2)c1[N+](=O)[O-]. The second kappa shape index (κ2) is 6.55. The van der Waals surface area contributed by atoms with Crippen LogP contribution in [0.25, 0.3) is 0 Å². The molecule has 1 heterocycles. The molecule has 0 radical (unpaired) electrons. The minimum absolute atomic E-state index is 0.0278. The van der Waals surface area contributed by atoms with E-state index in [4.69, 9.17) is 4.74 Å². The van der Waals surface area contributed by atoms with Crippen molar-refractivity contribution >= 4 is 11.4 Å². The number of nitrogens with one attached hydrogen (secondary N) is 1. The summed E-state index contributed by atoms with van der Waals surface area (Å²) >= 11 is 0. The van der Waals surface area contributed by atoms with Gasteiger partial charge in [0.15, 0.2) is 5.75 Å². The van der Waals surface area contributed by atoms with E-state index in [1.54, 1.807) is 37.6 Å². The Balaban J connectivity index is 2.09. The van der Waals surface area contributed by atoms with E-state index in [0.717, 1.165) is 0 Å². The molecule has 2 aromatic rings. The summed E-state index contributed by atoms with van der Waals surface area (Å²) in [4.78, 5) is 14.7. The van der Waals surface area contributed by atoms with Crippen molar-refractivity contribution in [2.45, 2.75) is 13.5 Å². The quantitative estimate of drug-likeness (QED) is 0.619. The first-order chi connectivity index (χ1) is 9.72. The first kappa shape index (κ1) is 13.9. The molecule has 7 heteroatoms. The van der Waals surface area contributed by atoms with Gasteiger partial charge in [-0.25, -0.2) is 4.98 Å². The van der Waals surface area contributed by atoms with Crippen molar-refractivity contribution in [1.29, 1.82) is 0 Å². The largest absolute Gasteiger partial charge is 0.487 e. The predicted molar refractivity (Wildman–Crippen MR) is 75.0 cm³/mol. The van der Waals surface area contributed by atoms with Crippen LogP contribution in [0.5, 0.6) is 5.75 Å². The van der Waals surface area contributed by atoms with Gasteiger partial charge in [-0.05, 0) is 19.1 Å². The molecule has 0 fully saturated rings. The minimum Gasteiger partial charge on any atom is -0.487 e. The summed E-state index contributed by atoms with van der Waals surface area (Å²) < 4.78 is 7.19. The predicted octanol–water partition coefficient (Wildman–Crippen LogP) is 2.30. The van der Waals surface area contributed by atoms with Crippen molar-refractivity contribution in [2.24, 2.45) is 0 Å². The molecule has 0 amide bonds. The zero-order chi connectivity index (χ0) is 14.4. The van der Waals surface area contributed by atoms with Crippen molar-refractivity contribution < 1.29 is 9.66 Å². The van der Waals surface area contributed by atoms with Gasteiger partial charge in [0.25, 0.3) is 0 Å². The molecule has 7 nitrogen and oxygen atoms in total. The number of anilines is 1. The molecule has 20 heavy (non-hydrogen) atoms. The third-order valence-corrected chi connectivity index (χ3v) is 2.73. The number of hydrogen-bond acceptors (Lipinski definition) is 5. The van der Waals surface area contributed by atoms with E-state index in [-0.39, 0.29) is 11.4 Å². The van der Waals surface area contributed by atoms with Gasteiger partial charge in [0, 0.05) is 25.5 Å². The van der Waals surface area contributed by atoms with E-state index in [1.807, 2.05) is 10.8 Å². The Bertz CT molecular complexity index is 569. The molecular weight excluding hydrogens is 260 g/mol. The Hall–Kier alpha value is -2.57. The topological polar surface area (TPSA) is 82.2 Å². The molecule has 0 aliphatic carbocycles. The van der Waals surface area contributed by atoms with Gasteiger partial charge in [-0.2, -0.15) is 0 Å². The summed E-state index contributed by atoms with van der Waals surface area (Å²) in [6, 6.07) is 5.01. The van der Waals surface area contributed by atoms with E-state index in [0.29, 0.717) is 25.4 Å². The second-order valence-electron chi connectivity index (χ2n) is 4.07. The number of nitrogens with zero attached hydrogens (tertiary/aromatic N) is 3. The van der Waals surface area contributed by atoms with Crippen LogP contribution < -0.4 is 10.1 Å². The average molecular weight is 276 g/mol. The minimum atomic E-state index is -0.426. The van der Waals surface area contributed by atoms with Gasteiger partial charge in [-0.15, -0.1) is 0 Å². The Morgan fingerprint density at radius 3 is 3.00 bits per heavy atom. The van der Waals surface area contributed by atoms with Crippen molar-refractivity contribution in [3.05, 3.63) is 47.0 Å². The fraction of sp³-hybridized carbons (Fsp3) is 0.308. The van der Waals surface area contributed by atoms with E-state index in [2.05, 4.69) is 10.3 Å². The maximum Gasteiger partial charge on any atom is 0.333 e. The van der Waals surface area contributed by atoms with Crippen LogP contribution in [0.15, 0.2) is 36.9 Å². The smallest absolute Gasteiger partial charge is 0.333 e. The Kier molecular flexibility index (Phi) is 4.54. The molecule has 0 unspecified atom stereocenters. The zero-order valence-electron chi connectivity index (χ0n) is 11.2. The number of para-hydroxylation sites is 1. The fourth-order valence-electron chi connectivity index (χ4n) is 1.86. The Morgan fingerprint density at radius 1 is 1.50 bits per heavy atom. The van der Waals surface area contributed by atoms with Gasteiger partial charge in [-0.1, -0.05) is 6.07 Å². The monoisotopic (exact) mass is 276 g/mol. The molecule has 0 spiro atoms. The van der Waals surface area contributed by atoms with E-state index < -0.39 is 4.92 Å². The maximum absolute atomic E-state index is 11.2. The summed E-state index contributed by atoms with van der Waals surface area (Å²) in [6.45, 7) is 3.42. The zero-order valence-corrected chi connectivity index (χ0v) is 11.2. The highest BCUT2D eigenvalue weighted by molar-refractivity contribution is 5.68. The number of imidazole rings is 1. The molecule has 1 aromatic heterocycles. The van der Waals surface area contributed by atoms with E-state index in [9.17, 15) is 10.1 Å². The van der Waals surface area contributed by atoms with Crippen molar-refractivity contribution in [3.63, 3.8) is 0 Å². The standard InChI is InChI=1S/C13H16N4O3/c1-2-20-12-5-3-4-11(13(12)17(18)19)15-7-9-16-8-6-14-10-16/h3-6,8,10,15H,2,7,9H2,1H3. The Morgan fingerprint density at radius 2 is 2.35 bits per heavy atom. The van der Waals surface area contributed by atoms with Gasteiger partial charge >= 0.3 is 5.69 Å². The average Bonchev–Trinajstić information content (AvgIpc) is 2.92. The molecule has 0 atom stereocenters. The summed E-state index contributed by atoms with van der Waals surface area (Å²) in [5.74, 6) is 0.283. The number of aromatic nitrogens is 2. The summed E-state index contributed by atoms with van der Waals surface area (Å²) in [6.07, 6.45) is 5.23. The molecule has 1 aromatic carbocycles. The van der Waals surface area contributed by atoms with E-state index in [1.165, 1.54) is 0 Å². The van der Waals surface area contributed by atoms with Crippen LogP contribution in [0.2, 0.25) is 0 Å². The number of rotatable bonds is 7. The van der Waals surface area contributed by atoms with Gasteiger partial charge < -0.3 is 14.6 Å². The lowest BCUT2D eigenvalue weighted by Gasteiger charge is -2.10. The molecule has 1 N–H and O–H groups in total. The second-order valence-corrected chi connectivity index (χ2v) is 4.07. The number of ether oxygens (including phenoxy) is 1. The van der Waals surface area contributed by atoms with Crippen molar-refractivity contribution in [1.82, 2.24) is 9.55 Å². The van der Waals surface area contributed by atoms with Crippen molar-refractivity contribution in [2.75, 3.05) is 18.5 Å². The lowest BCUT2D eigenvalue weighted by atomic mass is 10.2. The lowest BCUT2D eigenvalue weighted by Crippen LogP contribution is -2.11. The summed E-state index contributed by atoms with van der Waals surface area (Å²) in [5, 5.41) is 14.2. The maximum atomic E-state index is 11.2. The summed E-state index contributed by atoms with van der Waals surface area (Å²) in [7, 11) is 0. The molecule has 106 valence electrons. The van der Waals surface area contributed by atoms with Crippen LogP contribution in [0, 0.1) is 10.1 Å². The van der Waals surface area contributed by atoms with Crippen LogP contribution >= 0.6 is 0 Å². The van der Waals surface area contributed by atoms with Gasteiger partial charge in [0.2, 0.25) is 0 Å². The first-order valence-electron chi connectivity index (χ1n) is 6.32. The van der Waals surface area contributed by atoms with Crippen LogP contribution in [0.3, 0.4) is 0 Å². The van der Waals surface area contributed by atoms with Gasteiger partial charge in [0.05, 0.1) is 17.9 Å². The fourth-order valence-corrected chi connectivity index (χ4v) is 1.86. The highest BCUT2D eigenvalue weighted by Crippen LogP contribution is 2.34. The third kappa shape index (κ3) is 3.25. The highest BCUT2D eigenvalue weighted by atomic mass is 16.6. The van der Waals surface area contributed by atoms with Crippen LogP contribution in [0.4, 0.5) is 11.4 Å². The third-order valence-electron chi connectivity index (χ3n) is 2.73. The number of nitro benzene ring substituents is 1. The number of nitro groups is 1. The molecule has 0 saturated carbocycles.